The van der Waals surface area contributed by atoms with Gasteiger partial charge in [0, 0.05) is 22.3 Å². The van der Waals surface area contributed by atoms with Crippen molar-refractivity contribution < 1.29 is 0 Å². The van der Waals surface area contributed by atoms with Gasteiger partial charge in [0.1, 0.15) is 11.6 Å². The van der Waals surface area contributed by atoms with E-state index in [1.54, 1.807) is 0 Å². The zero-order valence-corrected chi connectivity index (χ0v) is 28.6. The third-order valence-electron chi connectivity index (χ3n) is 9.80. The van der Waals surface area contributed by atoms with E-state index < -0.39 is 0 Å². The molecule has 10 rings (SSSR count). The van der Waals surface area contributed by atoms with E-state index in [0.717, 1.165) is 65.3 Å². The SMILES string of the molecule is c1ccc2c(-c3nc(Cc4nc(-c5cccc6ccccc56)nc(-c5cccc6ccccc56)n4)nc(-c4cccc5ccccc45)n3)cccc2c1. The summed E-state index contributed by atoms with van der Waals surface area (Å²) in [5, 5.41) is 8.79. The molecule has 0 fully saturated rings. The van der Waals surface area contributed by atoms with Gasteiger partial charge in [-0.15, -0.1) is 0 Å². The molecule has 0 unspecified atom stereocenters. The molecule has 0 aliphatic rings. The number of aromatic nitrogens is 6. The van der Waals surface area contributed by atoms with Crippen molar-refractivity contribution >= 4 is 43.1 Å². The highest BCUT2D eigenvalue weighted by Gasteiger charge is 2.19. The molecule has 0 amide bonds. The molecule has 0 aliphatic carbocycles. The van der Waals surface area contributed by atoms with E-state index in [0.29, 0.717) is 34.9 Å². The Morgan fingerprint density at radius 2 is 0.491 bits per heavy atom. The highest BCUT2D eigenvalue weighted by atomic mass is 15.1. The lowest BCUT2D eigenvalue weighted by molar-refractivity contribution is 0.862. The molecular weight excluding hydrogens is 649 g/mol. The summed E-state index contributed by atoms with van der Waals surface area (Å²) in [6.07, 6.45) is 0.274. The standard InChI is InChI=1S/C47H30N6/c1-5-21-34-30(13-1)17-9-25-38(34)44-48-42(49-45(52-44)39-26-10-18-31-14-2-6-22-35(31)39)29-43-50-46(40-27-11-19-32-15-3-7-23-36(32)40)53-47(51-43)41-28-12-20-33-16-4-8-24-37(33)41/h1-28H,29H2. The number of hydrogen-bond acceptors (Lipinski definition) is 6. The van der Waals surface area contributed by atoms with Gasteiger partial charge in [0.05, 0.1) is 6.42 Å². The Labute approximate surface area is 305 Å². The molecule has 2 heterocycles. The van der Waals surface area contributed by atoms with Crippen LogP contribution in [0.4, 0.5) is 0 Å². The van der Waals surface area contributed by atoms with Crippen molar-refractivity contribution in [1.82, 2.24) is 29.9 Å². The Balaban J connectivity index is 1.19. The van der Waals surface area contributed by atoms with Crippen LogP contribution in [0.3, 0.4) is 0 Å². The topological polar surface area (TPSA) is 77.3 Å². The number of rotatable bonds is 6. The third kappa shape index (κ3) is 5.63. The fraction of sp³-hybridized carbons (Fsp3) is 0.0213. The van der Waals surface area contributed by atoms with Crippen molar-refractivity contribution in [2.24, 2.45) is 0 Å². The van der Waals surface area contributed by atoms with Gasteiger partial charge in [-0.2, -0.15) is 0 Å². The molecule has 0 N–H and O–H groups in total. The van der Waals surface area contributed by atoms with Gasteiger partial charge in [-0.05, 0) is 43.1 Å². The van der Waals surface area contributed by atoms with Gasteiger partial charge in [-0.3, -0.25) is 0 Å². The molecule has 0 aliphatic heterocycles. The minimum absolute atomic E-state index is 0.274. The van der Waals surface area contributed by atoms with Crippen LogP contribution in [0.1, 0.15) is 11.6 Å². The Morgan fingerprint density at radius 1 is 0.245 bits per heavy atom. The second-order valence-corrected chi connectivity index (χ2v) is 13.1. The number of hydrogen-bond donors (Lipinski definition) is 0. The fourth-order valence-electron chi connectivity index (χ4n) is 7.30. The van der Waals surface area contributed by atoms with Crippen LogP contribution in [0.25, 0.3) is 88.6 Å². The van der Waals surface area contributed by atoms with Gasteiger partial charge in [0.25, 0.3) is 0 Å². The Bertz CT molecular complexity index is 2590. The van der Waals surface area contributed by atoms with Crippen LogP contribution in [-0.2, 0) is 6.42 Å². The minimum Gasteiger partial charge on any atom is -0.213 e. The molecular formula is C47H30N6. The lowest BCUT2D eigenvalue weighted by Crippen LogP contribution is -2.09. The highest BCUT2D eigenvalue weighted by molar-refractivity contribution is 5.99. The van der Waals surface area contributed by atoms with Crippen molar-refractivity contribution in [3.8, 4) is 45.6 Å². The average Bonchev–Trinajstić information content (AvgIpc) is 3.22. The van der Waals surface area contributed by atoms with Gasteiger partial charge >= 0.3 is 0 Å². The first kappa shape index (κ1) is 30.6. The molecule has 6 nitrogen and oxygen atoms in total. The summed E-state index contributed by atoms with van der Waals surface area (Å²) < 4.78 is 0. The number of nitrogens with zero attached hydrogens (tertiary/aromatic N) is 6. The van der Waals surface area contributed by atoms with Crippen molar-refractivity contribution in [2.45, 2.75) is 6.42 Å². The van der Waals surface area contributed by atoms with E-state index in [1.165, 1.54) is 0 Å². The van der Waals surface area contributed by atoms with Crippen molar-refractivity contribution in [1.29, 1.82) is 0 Å². The van der Waals surface area contributed by atoms with Crippen LogP contribution in [0.5, 0.6) is 0 Å². The van der Waals surface area contributed by atoms with Crippen LogP contribution < -0.4 is 0 Å². The Kier molecular flexibility index (Phi) is 7.43. The largest absolute Gasteiger partial charge is 0.213 e. The van der Waals surface area contributed by atoms with Crippen LogP contribution in [0.2, 0.25) is 0 Å². The highest BCUT2D eigenvalue weighted by Crippen LogP contribution is 2.33. The van der Waals surface area contributed by atoms with E-state index in [2.05, 4.69) is 121 Å². The maximum Gasteiger partial charge on any atom is 0.164 e. The van der Waals surface area contributed by atoms with Gasteiger partial charge in [0.15, 0.2) is 23.3 Å². The zero-order chi connectivity index (χ0) is 35.1. The minimum atomic E-state index is 0.274. The maximum atomic E-state index is 5.14. The van der Waals surface area contributed by atoms with Gasteiger partial charge in [-0.1, -0.05) is 170 Å². The maximum absolute atomic E-state index is 5.14. The third-order valence-corrected chi connectivity index (χ3v) is 9.80. The molecule has 53 heavy (non-hydrogen) atoms. The van der Waals surface area contributed by atoms with Crippen LogP contribution in [0, 0.1) is 0 Å². The first-order valence-electron chi connectivity index (χ1n) is 17.7. The van der Waals surface area contributed by atoms with Gasteiger partial charge < -0.3 is 0 Å². The fourth-order valence-corrected chi connectivity index (χ4v) is 7.30. The predicted octanol–water partition coefficient (Wildman–Crippen LogP) is 10.9. The smallest absolute Gasteiger partial charge is 0.164 e. The molecule has 0 bridgehead atoms. The quantitative estimate of drug-likeness (QED) is 0.174. The van der Waals surface area contributed by atoms with E-state index in [9.17, 15) is 0 Å². The average molecular weight is 679 g/mol. The van der Waals surface area contributed by atoms with Crippen LogP contribution in [-0.4, -0.2) is 29.9 Å². The summed E-state index contributed by atoms with van der Waals surface area (Å²) in [5.74, 6) is 3.56. The lowest BCUT2D eigenvalue weighted by atomic mass is 10.0. The second-order valence-electron chi connectivity index (χ2n) is 13.1. The Morgan fingerprint density at radius 3 is 0.774 bits per heavy atom. The monoisotopic (exact) mass is 678 g/mol. The van der Waals surface area contributed by atoms with E-state index >= 15 is 0 Å². The van der Waals surface area contributed by atoms with Gasteiger partial charge in [0.2, 0.25) is 0 Å². The van der Waals surface area contributed by atoms with E-state index in [-0.39, 0.29) is 6.42 Å². The normalized spacial score (nSPS) is 11.5. The summed E-state index contributed by atoms with van der Waals surface area (Å²) in [5.41, 5.74) is 3.77. The van der Waals surface area contributed by atoms with E-state index in [4.69, 9.17) is 29.9 Å². The summed E-state index contributed by atoms with van der Waals surface area (Å²) >= 11 is 0. The predicted molar refractivity (Wildman–Crippen MR) is 214 cm³/mol. The van der Waals surface area contributed by atoms with Crippen LogP contribution in [0.15, 0.2) is 170 Å². The molecule has 6 heteroatoms. The first-order valence-corrected chi connectivity index (χ1v) is 17.7. The lowest BCUT2D eigenvalue weighted by Gasteiger charge is -2.13. The second kappa shape index (κ2) is 12.9. The number of benzene rings is 8. The molecule has 0 atom stereocenters. The molecule has 10 aromatic rings. The van der Waals surface area contributed by atoms with Gasteiger partial charge in [-0.25, -0.2) is 29.9 Å². The summed E-state index contributed by atoms with van der Waals surface area (Å²) in [4.78, 5) is 30.8. The molecule has 0 radical (unpaired) electrons. The van der Waals surface area contributed by atoms with E-state index in [1.807, 2.05) is 48.5 Å². The molecule has 0 spiro atoms. The summed E-state index contributed by atoms with van der Waals surface area (Å²) in [6, 6.07) is 58.3. The van der Waals surface area contributed by atoms with Crippen molar-refractivity contribution in [2.75, 3.05) is 0 Å². The summed E-state index contributed by atoms with van der Waals surface area (Å²) in [6.45, 7) is 0. The first-order chi connectivity index (χ1) is 26.2. The van der Waals surface area contributed by atoms with Crippen LogP contribution >= 0.6 is 0 Å². The number of fused-ring (bicyclic) bond motifs is 4. The molecule has 2 aromatic heterocycles. The van der Waals surface area contributed by atoms with Crippen molar-refractivity contribution in [3.05, 3.63) is 182 Å². The molecule has 0 saturated carbocycles. The molecule has 0 saturated heterocycles. The molecule has 8 aromatic carbocycles. The molecule has 248 valence electrons. The summed E-state index contributed by atoms with van der Waals surface area (Å²) in [7, 11) is 0. The zero-order valence-electron chi connectivity index (χ0n) is 28.6. The Hall–Kier alpha value is -7.18. The van der Waals surface area contributed by atoms with Crippen molar-refractivity contribution in [3.63, 3.8) is 0 Å².